The molecule has 6 aliphatic carbocycles. The van der Waals surface area contributed by atoms with Crippen molar-refractivity contribution in [1.29, 1.82) is 0 Å². The lowest BCUT2D eigenvalue weighted by atomic mass is 9.32. The minimum atomic E-state index is -0.164. The van der Waals surface area contributed by atoms with Crippen LogP contribution in [0.4, 0.5) is 0 Å². The van der Waals surface area contributed by atoms with Gasteiger partial charge in [-0.15, -0.1) is 0 Å². The van der Waals surface area contributed by atoms with Gasteiger partial charge in [0.05, 0.1) is 24.7 Å². The molecule has 0 aromatic carbocycles. The molecule has 1 amide bonds. The van der Waals surface area contributed by atoms with Crippen LogP contribution in [-0.4, -0.2) is 97.4 Å². The largest absolute Gasteiger partial charge is 0.393 e. The molecule has 8 aliphatic rings. The molecule has 1 N–H and O–H groups in total. The van der Waals surface area contributed by atoms with Gasteiger partial charge >= 0.3 is 0 Å². The van der Waals surface area contributed by atoms with E-state index in [0.717, 1.165) is 96.7 Å². The molecule has 6 saturated carbocycles. The molecule has 0 aromatic heterocycles. The van der Waals surface area contributed by atoms with E-state index in [9.17, 15) is 5.11 Å². The van der Waals surface area contributed by atoms with E-state index in [-0.39, 0.29) is 16.9 Å². The smallest absolute Gasteiger partial charge is 0.229 e. The van der Waals surface area contributed by atoms with Crippen molar-refractivity contribution >= 4 is 5.91 Å². The van der Waals surface area contributed by atoms with Crippen molar-refractivity contribution in [1.82, 2.24) is 14.7 Å². The van der Waals surface area contributed by atoms with Gasteiger partial charge in [-0.05, 0) is 134 Å². The molecule has 0 unspecified atom stereocenters. The predicted molar refractivity (Wildman–Crippen MR) is 188 cm³/mol. The fourth-order valence-electron chi connectivity index (χ4n) is 14.9. The maximum Gasteiger partial charge on any atom is 0.229 e. The molecule has 0 bridgehead atoms. The number of hydrogen-bond donors (Lipinski definition) is 1. The number of carbonyl (C=O) groups excluding carboxylic acids is 1. The molecular formula is C41H69N3O3. The maximum absolute atomic E-state index is 15.1. The number of hydrogen-bond acceptors (Lipinski definition) is 5. The zero-order chi connectivity index (χ0) is 33.0. The zero-order valence-electron chi connectivity index (χ0n) is 31.1. The van der Waals surface area contributed by atoms with Crippen LogP contribution in [-0.2, 0) is 9.53 Å². The molecule has 2 saturated heterocycles. The highest BCUT2D eigenvalue weighted by Crippen LogP contribution is 2.79. The molecule has 2 aliphatic heterocycles. The van der Waals surface area contributed by atoms with Crippen LogP contribution in [0.15, 0.2) is 0 Å². The van der Waals surface area contributed by atoms with Crippen molar-refractivity contribution in [2.24, 2.45) is 62.1 Å². The van der Waals surface area contributed by atoms with Crippen molar-refractivity contribution in [3.05, 3.63) is 0 Å². The molecule has 47 heavy (non-hydrogen) atoms. The number of morpholine rings is 1. The quantitative estimate of drug-likeness (QED) is 0.359. The molecule has 0 radical (unpaired) electrons. The number of fused-ring (bicyclic) bond motifs is 7. The van der Waals surface area contributed by atoms with Crippen LogP contribution in [0.3, 0.4) is 0 Å². The average Bonchev–Trinajstić information content (AvgIpc) is 3.67. The Morgan fingerprint density at radius 1 is 0.660 bits per heavy atom. The second kappa shape index (κ2) is 11.4. The Kier molecular flexibility index (Phi) is 8.12. The molecular weight excluding hydrogens is 582 g/mol. The second-order valence-electron chi connectivity index (χ2n) is 20.1. The molecule has 2 heterocycles. The summed E-state index contributed by atoms with van der Waals surface area (Å²) in [6, 6.07) is 0. The third-order valence-electron chi connectivity index (χ3n) is 18.3. The van der Waals surface area contributed by atoms with Crippen LogP contribution >= 0.6 is 0 Å². The van der Waals surface area contributed by atoms with Gasteiger partial charge in [-0.3, -0.25) is 14.6 Å². The van der Waals surface area contributed by atoms with E-state index in [0.29, 0.717) is 45.3 Å². The molecule has 6 nitrogen and oxygen atoms in total. The van der Waals surface area contributed by atoms with E-state index >= 15 is 4.79 Å². The summed E-state index contributed by atoms with van der Waals surface area (Å²) in [6.07, 6.45) is 14.8. The van der Waals surface area contributed by atoms with Crippen molar-refractivity contribution in [2.75, 3.05) is 65.6 Å². The third kappa shape index (κ3) is 4.85. The van der Waals surface area contributed by atoms with Gasteiger partial charge in [0, 0.05) is 52.4 Å². The van der Waals surface area contributed by atoms with Gasteiger partial charge in [0.1, 0.15) is 0 Å². The normalized spacial score (nSPS) is 49.4. The van der Waals surface area contributed by atoms with E-state index in [1.54, 1.807) is 0 Å². The number of rotatable bonds is 5. The molecule has 266 valence electrons. The van der Waals surface area contributed by atoms with Crippen molar-refractivity contribution in [2.45, 2.75) is 125 Å². The molecule has 10 atom stereocenters. The molecule has 8 rings (SSSR count). The number of carbonyl (C=O) groups is 1. The van der Waals surface area contributed by atoms with Gasteiger partial charge in [-0.25, -0.2) is 0 Å². The molecule has 8 fully saturated rings. The second-order valence-corrected chi connectivity index (χ2v) is 20.1. The van der Waals surface area contributed by atoms with Crippen LogP contribution in [0.1, 0.15) is 119 Å². The van der Waals surface area contributed by atoms with Crippen LogP contribution in [0.5, 0.6) is 0 Å². The minimum absolute atomic E-state index is 0.00383. The third-order valence-corrected chi connectivity index (χ3v) is 18.3. The number of ether oxygens (including phenoxy) is 1. The summed E-state index contributed by atoms with van der Waals surface area (Å²) >= 11 is 0. The van der Waals surface area contributed by atoms with E-state index in [2.05, 4.69) is 56.2 Å². The summed E-state index contributed by atoms with van der Waals surface area (Å²) in [7, 11) is 0. The van der Waals surface area contributed by atoms with Crippen LogP contribution in [0, 0.1) is 62.1 Å². The predicted octanol–water partition coefficient (Wildman–Crippen LogP) is 6.71. The van der Waals surface area contributed by atoms with E-state index in [4.69, 9.17) is 4.74 Å². The van der Waals surface area contributed by atoms with Crippen LogP contribution in [0.2, 0.25) is 0 Å². The van der Waals surface area contributed by atoms with Gasteiger partial charge in [0.25, 0.3) is 0 Å². The van der Waals surface area contributed by atoms with Gasteiger partial charge in [0.15, 0.2) is 0 Å². The van der Waals surface area contributed by atoms with Crippen molar-refractivity contribution in [3.63, 3.8) is 0 Å². The summed E-state index contributed by atoms with van der Waals surface area (Å²) in [6.45, 7) is 25.5. The fraction of sp³-hybridized carbons (Fsp3) is 0.976. The van der Waals surface area contributed by atoms with Gasteiger partial charge in [-0.2, -0.15) is 0 Å². The lowest BCUT2D eigenvalue weighted by Gasteiger charge is -2.73. The lowest BCUT2D eigenvalue weighted by molar-refractivity contribution is -0.249. The lowest BCUT2D eigenvalue weighted by Crippen LogP contribution is -2.67. The molecule has 6 heteroatoms. The number of piperazine rings is 1. The Morgan fingerprint density at radius 3 is 2.02 bits per heavy atom. The number of aliphatic hydroxyl groups is 1. The number of amides is 1. The molecule has 0 spiro atoms. The Bertz CT molecular complexity index is 1200. The van der Waals surface area contributed by atoms with Gasteiger partial charge in [-0.1, -0.05) is 41.5 Å². The summed E-state index contributed by atoms with van der Waals surface area (Å²) in [5.41, 5.74) is 1.27. The summed E-state index contributed by atoms with van der Waals surface area (Å²) in [5.74, 6) is 3.86. The minimum Gasteiger partial charge on any atom is -0.393 e. The van der Waals surface area contributed by atoms with Gasteiger partial charge in [0.2, 0.25) is 5.91 Å². The van der Waals surface area contributed by atoms with E-state index in [1.807, 2.05) is 0 Å². The van der Waals surface area contributed by atoms with Crippen molar-refractivity contribution < 1.29 is 14.6 Å². The number of aliphatic hydroxyl groups excluding tert-OH is 1. The first-order valence-electron chi connectivity index (χ1n) is 20.3. The monoisotopic (exact) mass is 652 g/mol. The SMILES string of the molecule is CC1([C@@H]2CC[C@]3(C(=O)N4CCN(CCN5CCOCC5)CC4)CC[C@]4(C)[C@H](CC[C@@H]5[C@@]6(C)CC[C@H](O)C(C)(C)[C@@H]6CC[C@]54C)[C@@H]23)CC1. The Morgan fingerprint density at radius 2 is 1.34 bits per heavy atom. The van der Waals surface area contributed by atoms with E-state index in [1.165, 1.54) is 57.8 Å². The first-order chi connectivity index (χ1) is 22.3. The van der Waals surface area contributed by atoms with E-state index < -0.39 is 0 Å². The summed E-state index contributed by atoms with van der Waals surface area (Å²) in [4.78, 5) is 22.6. The zero-order valence-corrected chi connectivity index (χ0v) is 31.1. The number of nitrogens with zero attached hydrogens (tertiary/aromatic N) is 3. The topological polar surface area (TPSA) is 56.3 Å². The molecule has 0 aromatic rings. The van der Waals surface area contributed by atoms with Crippen LogP contribution in [0.25, 0.3) is 0 Å². The van der Waals surface area contributed by atoms with Gasteiger partial charge < -0.3 is 14.7 Å². The highest BCUT2D eigenvalue weighted by Gasteiger charge is 2.73. The standard InChI is InChI=1S/C41H69N3O3/c1-36(2)31-10-13-40(6)32(38(31,4)12-11-33(36)45)8-7-30-34-29(37(3)15-16-37)9-14-41(34,18-17-39(30,40)5)35(46)44-23-21-42(22-24-44)19-20-43-25-27-47-28-26-43/h29-34,45H,7-28H2,1-6H3/t29-,30-,31+,32-,33+,34-,38+,39-,40-,41+/m1/s1. The highest BCUT2D eigenvalue weighted by molar-refractivity contribution is 5.84. The summed E-state index contributed by atoms with van der Waals surface area (Å²) < 4.78 is 5.56. The average molecular weight is 652 g/mol. The summed E-state index contributed by atoms with van der Waals surface area (Å²) in [5, 5.41) is 11.1. The fourth-order valence-corrected chi connectivity index (χ4v) is 14.9. The highest BCUT2D eigenvalue weighted by atomic mass is 16.5. The van der Waals surface area contributed by atoms with Crippen LogP contribution < -0.4 is 0 Å². The first-order valence-corrected chi connectivity index (χ1v) is 20.3. The Labute approximate surface area is 287 Å². The Balaban J connectivity index is 1.04. The maximum atomic E-state index is 15.1. The first kappa shape index (κ1) is 33.5. The Hall–Kier alpha value is -0.690. The van der Waals surface area contributed by atoms with Crippen molar-refractivity contribution in [3.8, 4) is 0 Å².